The molecule has 0 aromatic rings. The fraction of sp³-hybridized carbons (Fsp3) is 0.917. The smallest absolute Gasteiger partial charge is 0.347 e. The Morgan fingerprint density at radius 1 is 0.966 bits per heavy atom. The molecule has 8 atom stereocenters. The zero-order valence-electron chi connectivity index (χ0n) is 18.3. The van der Waals surface area contributed by atoms with E-state index >= 15 is 0 Å². The van der Waals surface area contributed by atoms with Crippen molar-refractivity contribution in [1.82, 2.24) is 0 Å². The second-order valence-corrected chi connectivity index (χ2v) is 12.2. The van der Waals surface area contributed by atoms with E-state index in [2.05, 4.69) is 20.8 Å². The van der Waals surface area contributed by atoms with Gasteiger partial charge in [0.2, 0.25) is 10.3 Å². The SMILES string of the molecule is C[C@H](CC(C(=O)O)=S(=O)=O)[C@H]1CC[C@H]2[C@@H]3CCC4CCCC[C@]4(C)[C@H]3CC[C@]12C. The van der Waals surface area contributed by atoms with Gasteiger partial charge in [0.05, 0.1) is 0 Å². The maximum Gasteiger partial charge on any atom is 0.347 e. The maximum atomic E-state index is 11.4. The maximum absolute atomic E-state index is 11.4. The molecule has 5 heteroatoms. The molecular weight excluding hydrogens is 384 g/mol. The molecule has 0 amide bonds. The third-order valence-corrected chi connectivity index (χ3v) is 11.0. The number of hydrogen-bond acceptors (Lipinski definition) is 3. The van der Waals surface area contributed by atoms with E-state index in [1.165, 1.54) is 57.8 Å². The number of carbonyl (C=O) groups is 1. The Bertz CT molecular complexity index is 794. The van der Waals surface area contributed by atoms with Crippen LogP contribution in [0.5, 0.6) is 0 Å². The monoisotopic (exact) mass is 422 g/mol. The molecule has 0 spiro atoms. The molecule has 4 fully saturated rings. The molecule has 0 bridgehead atoms. The van der Waals surface area contributed by atoms with Crippen LogP contribution in [0.25, 0.3) is 0 Å². The average molecular weight is 423 g/mol. The number of rotatable bonds is 4. The standard InChI is InChI=1S/C24H38O4S/c1-15(14-21(22(25)26)29(27)28)18-9-10-19-17-8-7-16-6-4-5-12-23(16,2)20(17)11-13-24(18,19)3/h15-20H,4-14H2,1-3H3,(H,25,26)/t15-,16?,17+,18-,19+,20+,23+,24-/m1/s1. The molecule has 1 N–H and O–H groups in total. The minimum absolute atomic E-state index is 0.104. The van der Waals surface area contributed by atoms with E-state index < -0.39 is 16.3 Å². The predicted molar refractivity (Wildman–Crippen MR) is 115 cm³/mol. The zero-order valence-corrected chi connectivity index (χ0v) is 19.1. The Balaban J connectivity index is 1.55. The first-order chi connectivity index (χ1) is 13.7. The van der Waals surface area contributed by atoms with Gasteiger partial charge in [-0.2, -0.15) is 8.42 Å². The summed E-state index contributed by atoms with van der Waals surface area (Å²) in [5.41, 5.74) is 0.780. The summed E-state index contributed by atoms with van der Waals surface area (Å²) in [7, 11) is -2.63. The molecule has 0 aromatic carbocycles. The molecule has 4 nitrogen and oxygen atoms in total. The molecule has 164 valence electrons. The Labute approximate surface area is 177 Å². The molecule has 4 saturated carbocycles. The van der Waals surface area contributed by atoms with E-state index in [0.29, 0.717) is 11.3 Å². The van der Waals surface area contributed by atoms with Crippen LogP contribution in [-0.2, 0) is 15.1 Å². The summed E-state index contributed by atoms with van der Waals surface area (Å²) in [6.07, 6.45) is 13.5. The van der Waals surface area contributed by atoms with Gasteiger partial charge in [0.1, 0.15) is 0 Å². The van der Waals surface area contributed by atoms with Gasteiger partial charge in [-0.15, -0.1) is 0 Å². The summed E-state index contributed by atoms with van der Waals surface area (Å²) in [6, 6.07) is 0. The largest absolute Gasteiger partial charge is 0.477 e. The normalized spacial score (nSPS) is 44.9. The van der Waals surface area contributed by atoms with Gasteiger partial charge in [-0.05, 0) is 104 Å². The topological polar surface area (TPSA) is 71.4 Å². The van der Waals surface area contributed by atoms with Crippen molar-refractivity contribution in [1.29, 1.82) is 0 Å². The van der Waals surface area contributed by atoms with Crippen LogP contribution in [0, 0.1) is 46.3 Å². The highest BCUT2D eigenvalue weighted by Crippen LogP contribution is 2.68. The van der Waals surface area contributed by atoms with E-state index in [1.807, 2.05) is 0 Å². The van der Waals surface area contributed by atoms with Gasteiger partial charge in [0.25, 0.3) is 0 Å². The van der Waals surface area contributed by atoms with Crippen LogP contribution < -0.4 is 0 Å². The molecule has 1 unspecified atom stereocenters. The average Bonchev–Trinajstić information content (AvgIpc) is 3.02. The van der Waals surface area contributed by atoms with Crippen LogP contribution in [0.15, 0.2) is 0 Å². The van der Waals surface area contributed by atoms with Crippen molar-refractivity contribution < 1.29 is 18.3 Å². The van der Waals surface area contributed by atoms with Crippen LogP contribution in [-0.4, -0.2) is 24.4 Å². The van der Waals surface area contributed by atoms with Crippen molar-refractivity contribution in [2.75, 3.05) is 0 Å². The van der Waals surface area contributed by atoms with Crippen molar-refractivity contribution in [3.8, 4) is 0 Å². The zero-order chi connectivity index (χ0) is 21.0. The highest BCUT2D eigenvalue weighted by Gasteiger charge is 2.60. The summed E-state index contributed by atoms with van der Waals surface area (Å²) in [5.74, 6) is 2.61. The fourth-order valence-electron chi connectivity index (χ4n) is 8.93. The number of carboxylic acids is 1. The minimum Gasteiger partial charge on any atom is -0.477 e. The van der Waals surface area contributed by atoms with Gasteiger partial charge in [-0.1, -0.05) is 33.6 Å². The van der Waals surface area contributed by atoms with E-state index in [1.54, 1.807) is 0 Å². The lowest BCUT2D eigenvalue weighted by Gasteiger charge is -2.61. The highest BCUT2D eigenvalue weighted by atomic mass is 32.2. The second-order valence-electron chi connectivity index (χ2n) is 11.3. The van der Waals surface area contributed by atoms with Crippen LogP contribution in [0.1, 0.15) is 91.4 Å². The third kappa shape index (κ3) is 3.40. The fourth-order valence-corrected chi connectivity index (χ4v) is 9.47. The third-order valence-electron chi connectivity index (χ3n) is 10.3. The van der Waals surface area contributed by atoms with Crippen LogP contribution in [0.4, 0.5) is 0 Å². The van der Waals surface area contributed by atoms with Crippen molar-refractivity contribution in [2.24, 2.45) is 46.3 Å². The lowest BCUT2D eigenvalue weighted by atomic mass is 9.44. The van der Waals surface area contributed by atoms with E-state index in [0.717, 1.165) is 30.1 Å². The van der Waals surface area contributed by atoms with Gasteiger partial charge in [-0.3, -0.25) is 0 Å². The molecule has 4 rings (SSSR count). The molecule has 4 aliphatic carbocycles. The van der Waals surface area contributed by atoms with Crippen LogP contribution >= 0.6 is 0 Å². The Kier molecular flexibility index (Phi) is 5.67. The first-order valence-electron chi connectivity index (χ1n) is 11.9. The summed E-state index contributed by atoms with van der Waals surface area (Å²) in [6.45, 7) is 7.13. The van der Waals surface area contributed by atoms with Crippen LogP contribution in [0.3, 0.4) is 0 Å². The van der Waals surface area contributed by atoms with Crippen molar-refractivity contribution in [3.05, 3.63) is 0 Å². The molecule has 29 heavy (non-hydrogen) atoms. The quantitative estimate of drug-likeness (QED) is 0.632. The minimum atomic E-state index is -2.63. The lowest BCUT2D eigenvalue weighted by molar-refractivity contribution is -0.129. The van der Waals surface area contributed by atoms with Gasteiger partial charge >= 0.3 is 5.97 Å². The first-order valence-corrected chi connectivity index (χ1v) is 12.9. The lowest BCUT2D eigenvalue weighted by Crippen LogP contribution is -2.53. The van der Waals surface area contributed by atoms with Gasteiger partial charge in [-0.25, -0.2) is 4.79 Å². The molecule has 0 radical (unpaired) electrons. The second kappa shape index (κ2) is 7.69. The molecule has 0 saturated heterocycles. The van der Waals surface area contributed by atoms with E-state index in [-0.39, 0.29) is 22.6 Å². The van der Waals surface area contributed by atoms with E-state index in [4.69, 9.17) is 0 Å². The molecule has 0 aliphatic heterocycles. The number of carboxylic acid groups (broad SMARTS) is 1. The Hall–Kier alpha value is -0.840. The summed E-state index contributed by atoms with van der Waals surface area (Å²) in [4.78, 5) is 11.0. The van der Waals surface area contributed by atoms with E-state index in [9.17, 15) is 18.3 Å². The van der Waals surface area contributed by atoms with Crippen molar-refractivity contribution >= 4 is 21.1 Å². The van der Waals surface area contributed by atoms with Crippen molar-refractivity contribution in [3.63, 3.8) is 0 Å². The number of aliphatic carboxylic acids is 1. The van der Waals surface area contributed by atoms with Crippen LogP contribution in [0.2, 0.25) is 0 Å². The van der Waals surface area contributed by atoms with Gasteiger partial charge in [0.15, 0.2) is 4.86 Å². The van der Waals surface area contributed by atoms with Crippen molar-refractivity contribution in [2.45, 2.75) is 91.4 Å². The first kappa shape index (κ1) is 21.4. The molecule has 4 aliphatic rings. The molecular formula is C24H38O4S. The highest BCUT2D eigenvalue weighted by molar-refractivity contribution is 7.74. The number of fused-ring (bicyclic) bond motifs is 5. The van der Waals surface area contributed by atoms with Gasteiger partial charge in [0, 0.05) is 0 Å². The summed E-state index contributed by atoms with van der Waals surface area (Å²) < 4.78 is 22.8. The molecule has 0 heterocycles. The van der Waals surface area contributed by atoms with Gasteiger partial charge < -0.3 is 5.11 Å². The predicted octanol–water partition coefficient (Wildman–Crippen LogP) is 5.20. The summed E-state index contributed by atoms with van der Waals surface area (Å²) >= 11 is 0. The Morgan fingerprint density at radius 3 is 2.38 bits per heavy atom. The summed E-state index contributed by atoms with van der Waals surface area (Å²) in [5, 5.41) is 9.29. The number of hydrogen-bond donors (Lipinski definition) is 1. The Morgan fingerprint density at radius 2 is 1.69 bits per heavy atom. The molecule has 0 aromatic heterocycles.